The maximum Gasteiger partial charge on any atom is 0.259 e. The molecule has 0 atom stereocenters. The van der Waals surface area contributed by atoms with Crippen LogP contribution >= 0.6 is 11.3 Å². The van der Waals surface area contributed by atoms with Gasteiger partial charge in [0.2, 0.25) is 0 Å². The lowest BCUT2D eigenvalue weighted by molar-refractivity contribution is 0.102. The highest BCUT2D eigenvalue weighted by Gasteiger charge is 2.20. The Morgan fingerprint density at radius 1 is 1.03 bits per heavy atom. The fourth-order valence-corrected chi connectivity index (χ4v) is 4.49. The van der Waals surface area contributed by atoms with Crippen molar-refractivity contribution < 1.29 is 9.53 Å². The van der Waals surface area contributed by atoms with Gasteiger partial charge in [0.25, 0.3) is 5.91 Å². The molecule has 0 bridgehead atoms. The third-order valence-corrected chi connectivity index (χ3v) is 6.09. The molecule has 150 valence electrons. The lowest BCUT2D eigenvalue weighted by Gasteiger charge is -2.29. The Balaban J connectivity index is 1.40. The number of nitrogens with one attached hydrogen (secondary N) is 1. The van der Waals surface area contributed by atoms with Crippen LogP contribution in [0.25, 0.3) is 20.8 Å². The Hall–Kier alpha value is -3.29. The standard InChI is InChI=1S/C23H20N4O2S/c28-22(18-7-4-10-24-21(18)27-11-13-29-14-12-27)25-17-6-3-5-16(15-17)23-26-19-8-1-2-9-20(19)30-23/h1-10,15H,11-14H2,(H,25,28). The molecule has 0 aliphatic carbocycles. The second-order valence-electron chi connectivity index (χ2n) is 7.00. The molecule has 0 spiro atoms. The maximum absolute atomic E-state index is 13.0. The third kappa shape index (κ3) is 3.77. The summed E-state index contributed by atoms with van der Waals surface area (Å²) in [4.78, 5) is 24.3. The fourth-order valence-electron chi connectivity index (χ4n) is 3.53. The van der Waals surface area contributed by atoms with Crippen molar-refractivity contribution in [2.75, 3.05) is 36.5 Å². The van der Waals surface area contributed by atoms with Gasteiger partial charge < -0.3 is 15.0 Å². The predicted octanol–water partition coefficient (Wildman–Crippen LogP) is 4.45. The van der Waals surface area contributed by atoms with Gasteiger partial charge >= 0.3 is 0 Å². The maximum atomic E-state index is 13.0. The van der Waals surface area contributed by atoms with Crippen molar-refractivity contribution in [2.24, 2.45) is 0 Å². The highest BCUT2D eigenvalue weighted by atomic mass is 32.1. The minimum Gasteiger partial charge on any atom is -0.378 e. The molecule has 1 aliphatic heterocycles. The molecule has 2 aromatic heterocycles. The summed E-state index contributed by atoms with van der Waals surface area (Å²) >= 11 is 1.64. The van der Waals surface area contributed by atoms with Crippen molar-refractivity contribution in [3.05, 3.63) is 72.4 Å². The van der Waals surface area contributed by atoms with E-state index in [1.54, 1.807) is 23.6 Å². The average molecular weight is 417 g/mol. The van der Waals surface area contributed by atoms with Crippen molar-refractivity contribution in [3.63, 3.8) is 0 Å². The van der Waals surface area contributed by atoms with Gasteiger partial charge in [0.15, 0.2) is 0 Å². The lowest BCUT2D eigenvalue weighted by atomic mass is 10.1. The number of amides is 1. The fraction of sp³-hybridized carbons (Fsp3) is 0.174. The van der Waals surface area contributed by atoms with Crippen LogP contribution in [0.5, 0.6) is 0 Å². The zero-order valence-corrected chi connectivity index (χ0v) is 17.1. The largest absolute Gasteiger partial charge is 0.378 e. The van der Waals surface area contributed by atoms with E-state index in [1.807, 2.05) is 48.5 Å². The van der Waals surface area contributed by atoms with Crippen LogP contribution in [0.15, 0.2) is 66.9 Å². The van der Waals surface area contributed by atoms with Crippen LogP contribution in [0.4, 0.5) is 11.5 Å². The van der Waals surface area contributed by atoms with Crippen LogP contribution in [0.3, 0.4) is 0 Å². The summed E-state index contributed by atoms with van der Waals surface area (Å²) in [5.41, 5.74) is 3.25. The first-order valence-corrected chi connectivity index (χ1v) is 10.6. The van der Waals surface area contributed by atoms with Gasteiger partial charge in [-0.2, -0.15) is 0 Å². The van der Waals surface area contributed by atoms with Gasteiger partial charge in [-0.3, -0.25) is 4.79 Å². The molecule has 1 N–H and O–H groups in total. The molecule has 1 fully saturated rings. The Bertz CT molecular complexity index is 1170. The molecule has 0 unspecified atom stereocenters. The van der Waals surface area contributed by atoms with Gasteiger partial charge in [-0.25, -0.2) is 9.97 Å². The third-order valence-electron chi connectivity index (χ3n) is 5.00. The number of nitrogens with zero attached hydrogens (tertiary/aromatic N) is 3. The van der Waals surface area contributed by atoms with Crippen LogP contribution < -0.4 is 10.2 Å². The van der Waals surface area contributed by atoms with E-state index >= 15 is 0 Å². The smallest absolute Gasteiger partial charge is 0.259 e. The Kier molecular flexibility index (Phi) is 5.13. The Labute approximate surface area is 178 Å². The SMILES string of the molecule is O=C(Nc1cccc(-c2nc3ccccc3s2)c1)c1cccnc1N1CCOCC1. The van der Waals surface area contributed by atoms with E-state index in [4.69, 9.17) is 9.72 Å². The summed E-state index contributed by atoms with van der Waals surface area (Å²) in [5, 5.41) is 3.95. The summed E-state index contributed by atoms with van der Waals surface area (Å²) in [5.74, 6) is 0.520. The normalized spacial score (nSPS) is 14.1. The number of para-hydroxylation sites is 1. The van der Waals surface area contributed by atoms with Gasteiger partial charge in [-0.15, -0.1) is 11.3 Å². The number of hydrogen-bond donors (Lipinski definition) is 1. The van der Waals surface area contributed by atoms with Crippen molar-refractivity contribution in [1.82, 2.24) is 9.97 Å². The zero-order valence-electron chi connectivity index (χ0n) is 16.2. The van der Waals surface area contributed by atoms with Crippen LogP contribution in [-0.4, -0.2) is 42.2 Å². The van der Waals surface area contributed by atoms with Crippen molar-refractivity contribution >= 4 is 39.0 Å². The molecular formula is C23H20N4O2S. The van der Waals surface area contributed by atoms with E-state index in [1.165, 1.54) is 0 Å². The zero-order chi connectivity index (χ0) is 20.3. The van der Waals surface area contributed by atoms with Crippen LogP contribution in [0, 0.1) is 0 Å². The van der Waals surface area contributed by atoms with E-state index in [9.17, 15) is 4.79 Å². The molecule has 2 aromatic carbocycles. The van der Waals surface area contributed by atoms with Gasteiger partial charge in [0.05, 0.1) is 29.0 Å². The summed E-state index contributed by atoms with van der Waals surface area (Å²) in [7, 11) is 0. The monoisotopic (exact) mass is 416 g/mol. The van der Waals surface area contributed by atoms with Crippen LogP contribution in [-0.2, 0) is 4.74 Å². The average Bonchev–Trinajstić information content (AvgIpc) is 3.24. The topological polar surface area (TPSA) is 67.4 Å². The predicted molar refractivity (Wildman–Crippen MR) is 120 cm³/mol. The number of fused-ring (bicyclic) bond motifs is 1. The number of carbonyl (C=O) groups excluding carboxylic acids is 1. The number of aromatic nitrogens is 2. The first kappa shape index (κ1) is 18.7. The van der Waals surface area contributed by atoms with E-state index < -0.39 is 0 Å². The number of ether oxygens (including phenoxy) is 1. The van der Waals surface area contributed by atoms with Gasteiger partial charge in [-0.05, 0) is 36.4 Å². The van der Waals surface area contributed by atoms with Crippen molar-refractivity contribution in [1.29, 1.82) is 0 Å². The van der Waals surface area contributed by atoms with Crippen LogP contribution in [0.2, 0.25) is 0 Å². The molecular weight excluding hydrogens is 396 g/mol. The number of thiazole rings is 1. The lowest BCUT2D eigenvalue weighted by Crippen LogP contribution is -2.38. The number of carbonyl (C=O) groups is 1. The number of hydrogen-bond acceptors (Lipinski definition) is 6. The minimum atomic E-state index is -0.175. The molecule has 1 amide bonds. The summed E-state index contributed by atoms with van der Waals surface area (Å²) in [6.45, 7) is 2.73. The number of benzene rings is 2. The van der Waals surface area contributed by atoms with Gasteiger partial charge in [0.1, 0.15) is 10.8 Å². The highest BCUT2D eigenvalue weighted by molar-refractivity contribution is 7.21. The molecule has 0 radical (unpaired) electrons. The molecule has 30 heavy (non-hydrogen) atoms. The molecule has 0 saturated carbocycles. The first-order chi connectivity index (χ1) is 14.8. The molecule has 1 saturated heterocycles. The van der Waals surface area contributed by atoms with E-state index in [-0.39, 0.29) is 5.91 Å². The number of anilines is 2. The van der Waals surface area contributed by atoms with Gasteiger partial charge in [0, 0.05) is 30.5 Å². The second kappa shape index (κ2) is 8.22. The quantitative estimate of drug-likeness (QED) is 0.532. The number of morpholine rings is 1. The van der Waals surface area contributed by atoms with E-state index in [0.29, 0.717) is 24.6 Å². The Morgan fingerprint density at radius 3 is 2.77 bits per heavy atom. The number of rotatable bonds is 4. The molecule has 4 aromatic rings. The molecule has 6 nitrogen and oxygen atoms in total. The molecule has 3 heterocycles. The van der Waals surface area contributed by atoms with Crippen LogP contribution in [0.1, 0.15) is 10.4 Å². The first-order valence-electron chi connectivity index (χ1n) is 9.83. The molecule has 1 aliphatic rings. The molecule has 7 heteroatoms. The minimum absolute atomic E-state index is 0.175. The summed E-state index contributed by atoms with van der Waals surface area (Å²) in [6, 6.07) is 19.5. The van der Waals surface area contributed by atoms with Crippen molar-refractivity contribution in [3.8, 4) is 10.6 Å². The number of pyridine rings is 1. The molecule has 5 rings (SSSR count). The van der Waals surface area contributed by atoms with Crippen molar-refractivity contribution in [2.45, 2.75) is 0 Å². The van der Waals surface area contributed by atoms with E-state index in [2.05, 4.69) is 21.3 Å². The summed E-state index contributed by atoms with van der Waals surface area (Å²) < 4.78 is 6.57. The summed E-state index contributed by atoms with van der Waals surface area (Å²) in [6.07, 6.45) is 1.72. The highest BCUT2D eigenvalue weighted by Crippen LogP contribution is 2.31. The van der Waals surface area contributed by atoms with Gasteiger partial charge in [-0.1, -0.05) is 24.3 Å². The Morgan fingerprint density at radius 2 is 1.90 bits per heavy atom. The second-order valence-corrected chi connectivity index (χ2v) is 8.03. The van der Waals surface area contributed by atoms with E-state index in [0.717, 1.165) is 39.6 Å².